The van der Waals surface area contributed by atoms with Gasteiger partial charge in [-0.15, -0.1) is 0 Å². The van der Waals surface area contributed by atoms with Crippen molar-refractivity contribution >= 4 is 0 Å². The SMILES string of the molecule is Cc1ccc(F)c(C(O)C2(CN)CCCC2)c1. The molecule has 1 saturated carbocycles. The van der Waals surface area contributed by atoms with E-state index in [-0.39, 0.29) is 11.2 Å². The smallest absolute Gasteiger partial charge is 0.129 e. The van der Waals surface area contributed by atoms with Crippen LogP contribution in [0.3, 0.4) is 0 Å². The number of aliphatic hydroxyl groups is 1. The molecule has 0 radical (unpaired) electrons. The first-order valence-corrected chi connectivity index (χ1v) is 6.23. The zero-order chi connectivity index (χ0) is 12.5. The fraction of sp³-hybridized carbons (Fsp3) is 0.571. The highest BCUT2D eigenvalue weighted by atomic mass is 19.1. The molecular weight excluding hydrogens is 217 g/mol. The summed E-state index contributed by atoms with van der Waals surface area (Å²) in [6.07, 6.45) is 3.13. The molecule has 3 heteroatoms. The summed E-state index contributed by atoms with van der Waals surface area (Å²) in [5.74, 6) is -0.331. The Kier molecular flexibility index (Phi) is 3.50. The van der Waals surface area contributed by atoms with E-state index in [1.165, 1.54) is 6.07 Å². The Morgan fingerprint density at radius 2 is 2.06 bits per heavy atom. The van der Waals surface area contributed by atoms with Crippen LogP contribution in [0.25, 0.3) is 0 Å². The lowest BCUT2D eigenvalue weighted by Crippen LogP contribution is -2.34. The number of benzene rings is 1. The summed E-state index contributed by atoms with van der Waals surface area (Å²) in [6.45, 7) is 2.32. The van der Waals surface area contributed by atoms with Crippen LogP contribution in [0.4, 0.5) is 4.39 Å². The largest absolute Gasteiger partial charge is 0.388 e. The van der Waals surface area contributed by atoms with E-state index in [0.29, 0.717) is 12.1 Å². The third-order valence-electron chi connectivity index (χ3n) is 4.03. The number of aryl methyl sites for hydroxylation is 1. The van der Waals surface area contributed by atoms with Gasteiger partial charge in [0.25, 0.3) is 0 Å². The van der Waals surface area contributed by atoms with Crippen molar-refractivity contribution in [3.05, 3.63) is 35.1 Å². The van der Waals surface area contributed by atoms with E-state index < -0.39 is 6.10 Å². The molecule has 0 bridgehead atoms. The molecule has 3 N–H and O–H groups in total. The van der Waals surface area contributed by atoms with Crippen LogP contribution in [-0.2, 0) is 0 Å². The lowest BCUT2D eigenvalue weighted by atomic mass is 9.77. The van der Waals surface area contributed by atoms with Gasteiger partial charge in [-0.25, -0.2) is 4.39 Å². The van der Waals surface area contributed by atoms with Gasteiger partial charge in [0, 0.05) is 17.5 Å². The quantitative estimate of drug-likeness (QED) is 0.849. The molecule has 0 spiro atoms. The zero-order valence-corrected chi connectivity index (χ0v) is 10.2. The summed E-state index contributed by atoms with van der Waals surface area (Å²) < 4.78 is 13.8. The maximum absolute atomic E-state index is 13.8. The van der Waals surface area contributed by atoms with Crippen LogP contribution >= 0.6 is 0 Å². The molecule has 1 aliphatic rings. The summed E-state index contributed by atoms with van der Waals surface area (Å²) in [7, 11) is 0. The first kappa shape index (κ1) is 12.5. The minimum atomic E-state index is -0.782. The van der Waals surface area contributed by atoms with Gasteiger partial charge in [-0.3, -0.25) is 0 Å². The second kappa shape index (κ2) is 4.75. The molecule has 1 fully saturated rings. The van der Waals surface area contributed by atoms with Gasteiger partial charge < -0.3 is 10.8 Å². The van der Waals surface area contributed by atoms with Crippen molar-refractivity contribution in [3.63, 3.8) is 0 Å². The number of halogens is 1. The van der Waals surface area contributed by atoms with E-state index >= 15 is 0 Å². The average Bonchev–Trinajstić information content (AvgIpc) is 2.81. The molecule has 0 amide bonds. The van der Waals surface area contributed by atoms with Crippen LogP contribution in [0, 0.1) is 18.2 Å². The Bertz CT molecular complexity index is 399. The molecule has 17 heavy (non-hydrogen) atoms. The van der Waals surface area contributed by atoms with E-state index in [9.17, 15) is 9.50 Å². The number of rotatable bonds is 3. The van der Waals surface area contributed by atoms with E-state index in [4.69, 9.17) is 5.73 Å². The second-order valence-electron chi connectivity index (χ2n) is 5.20. The van der Waals surface area contributed by atoms with Crippen molar-refractivity contribution in [1.29, 1.82) is 0 Å². The van der Waals surface area contributed by atoms with Crippen LogP contribution in [0.2, 0.25) is 0 Å². The molecule has 2 rings (SSSR count). The number of nitrogens with two attached hydrogens (primary N) is 1. The van der Waals surface area contributed by atoms with Crippen molar-refractivity contribution in [2.45, 2.75) is 38.7 Å². The topological polar surface area (TPSA) is 46.2 Å². The van der Waals surface area contributed by atoms with Gasteiger partial charge in [0.2, 0.25) is 0 Å². The van der Waals surface area contributed by atoms with E-state index in [1.807, 2.05) is 6.92 Å². The van der Waals surface area contributed by atoms with Crippen molar-refractivity contribution in [1.82, 2.24) is 0 Å². The molecule has 1 aromatic rings. The lowest BCUT2D eigenvalue weighted by molar-refractivity contribution is 0.0305. The summed E-state index contributed by atoms with van der Waals surface area (Å²) >= 11 is 0. The van der Waals surface area contributed by atoms with Crippen molar-refractivity contribution < 1.29 is 9.50 Å². The molecule has 1 unspecified atom stereocenters. The number of aliphatic hydroxyl groups excluding tert-OH is 1. The molecule has 1 aromatic carbocycles. The maximum Gasteiger partial charge on any atom is 0.129 e. The standard InChI is InChI=1S/C14H20FNO/c1-10-4-5-12(15)11(8-10)13(17)14(9-16)6-2-3-7-14/h4-5,8,13,17H,2-3,6-7,9,16H2,1H3. The molecule has 94 valence electrons. The van der Waals surface area contributed by atoms with Gasteiger partial charge in [-0.2, -0.15) is 0 Å². The second-order valence-corrected chi connectivity index (χ2v) is 5.20. The minimum absolute atomic E-state index is 0.325. The van der Waals surface area contributed by atoms with Gasteiger partial charge in [-0.05, 0) is 25.8 Å². The van der Waals surface area contributed by atoms with Crippen molar-refractivity contribution in [3.8, 4) is 0 Å². The van der Waals surface area contributed by atoms with Gasteiger partial charge in [0.05, 0.1) is 6.10 Å². The molecule has 0 aromatic heterocycles. The molecule has 0 heterocycles. The van der Waals surface area contributed by atoms with E-state index in [1.54, 1.807) is 12.1 Å². The Morgan fingerprint density at radius 1 is 1.41 bits per heavy atom. The highest BCUT2D eigenvalue weighted by Crippen LogP contribution is 2.47. The fourth-order valence-corrected chi connectivity index (χ4v) is 2.87. The van der Waals surface area contributed by atoms with Gasteiger partial charge >= 0.3 is 0 Å². The van der Waals surface area contributed by atoms with E-state index in [0.717, 1.165) is 31.2 Å². The average molecular weight is 237 g/mol. The Balaban J connectivity index is 2.35. The van der Waals surface area contributed by atoms with Crippen LogP contribution in [-0.4, -0.2) is 11.7 Å². The highest BCUT2D eigenvalue weighted by molar-refractivity contribution is 5.27. The summed E-state index contributed by atoms with van der Waals surface area (Å²) in [6, 6.07) is 4.87. The molecule has 2 nitrogen and oxygen atoms in total. The molecule has 1 atom stereocenters. The van der Waals surface area contributed by atoms with Crippen molar-refractivity contribution in [2.75, 3.05) is 6.54 Å². The summed E-state index contributed by atoms with van der Waals surface area (Å²) in [5.41, 5.74) is 6.85. The zero-order valence-electron chi connectivity index (χ0n) is 10.2. The first-order valence-electron chi connectivity index (χ1n) is 6.23. The lowest BCUT2D eigenvalue weighted by Gasteiger charge is -2.33. The van der Waals surface area contributed by atoms with E-state index in [2.05, 4.69) is 0 Å². The third kappa shape index (κ3) is 2.22. The van der Waals surface area contributed by atoms with Gasteiger partial charge in [-0.1, -0.05) is 30.5 Å². The predicted octanol–water partition coefficient (Wildman–Crippen LogP) is 2.69. The molecule has 0 saturated heterocycles. The highest BCUT2D eigenvalue weighted by Gasteiger charge is 2.41. The fourth-order valence-electron chi connectivity index (χ4n) is 2.87. The predicted molar refractivity (Wildman–Crippen MR) is 66.1 cm³/mol. The monoisotopic (exact) mass is 237 g/mol. The van der Waals surface area contributed by atoms with Gasteiger partial charge in [0.1, 0.15) is 5.82 Å². The number of hydrogen-bond acceptors (Lipinski definition) is 2. The third-order valence-corrected chi connectivity index (χ3v) is 4.03. The molecule has 0 aliphatic heterocycles. The summed E-state index contributed by atoms with van der Waals surface area (Å²) in [5, 5.41) is 10.5. The van der Waals surface area contributed by atoms with Crippen LogP contribution in [0.15, 0.2) is 18.2 Å². The Labute approximate surface area is 102 Å². The Morgan fingerprint density at radius 3 is 2.65 bits per heavy atom. The first-order chi connectivity index (χ1) is 8.09. The Hall–Kier alpha value is -0.930. The normalized spacial score (nSPS) is 20.5. The van der Waals surface area contributed by atoms with Crippen LogP contribution < -0.4 is 5.73 Å². The maximum atomic E-state index is 13.8. The summed E-state index contributed by atoms with van der Waals surface area (Å²) in [4.78, 5) is 0. The van der Waals surface area contributed by atoms with Crippen molar-refractivity contribution in [2.24, 2.45) is 11.1 Å². The molecular formula is C14H20FNO. The van der Waals surface area contributed by atoms with Crippen LogP contribution in [0.1, 0.15) is 42.9 Å². The van der Waals surface area contributed by atoms with Crippen LogP contribution in [0.5, 0.6) is 0 Å². The minimum Gasteiger partial charge on any atom is -0.388 e. The van der Waals surface area contributed by atoms with Gasteiger partial charge in [0.15, 0.2) is 0 Å². The number of hydrogen-bond donors (Lipinski definition) is 2. The molecule has 1 aliphatic carbocycles.